The van der Waals surface area contributed by atoms with Gasteiger partial charge in [0.05, 0.1) is 6.10 Å². The number of rotatable bonds is 5. The monoisotopic (exact) mass is 227 g/mol. The fraction of sp³-hybridized carbons (Fsp3) is 1.00. The maximum atomic E-state index is 5.79. The van der Waals surface area contributed by atoms with Crippen LogP contribution in [0.15, 0.2) is 0 Å². The molecule has 1 N–H and O–H groups in total. The van der Waals surface area contributed by atoms with E-state index >= 15 is 0 Å². The Labute approximate surface area is 101 Å². The molecule has 0 saturated carbocycles. The van der Waals surface area contributed by atoms with E-state index in [0.717, 1.165) is 13.2 Å². The maximum Gasteiger partial charge on any atom is 0.0616 e. The Bertz CT molecular complexity index is 209. The third-order valence-electron chi connectivity index (χ3n) is 3.83. The van der Waals surface area contributed by atoms with Crippen LogP contribution in [-0.4, -0.2) is 24.8 Å². The minimum Gasteiger partial charge on any atom is -0.378 e. The molecule has 0 spiro atoms. The molecule has 1 rings (SSSR count). The van der Waals surface area contributed by atoms with Crippen molar-refractivity contribution in [2.24, 2.45) is 5.41 Å². The number of nitrogens with one attached hydrogen (secondary N) is 1. The predicted octanol–water partition coefficient (Wildman–Crippen LogP) is 3.36. The summed E-state index contributed by atoms with van der Waals surface area (Å²) in [7, 11) is 0. The molecule has 1 saturated heterocycles. The van der Waals surface area contributed by atoms with Gasteiger partial charge in [-0.05, 0) is 40.5 Å². The molecule has 1 aliphatic rings. The molecule has 2 unspecified atom stereocenters. The van der Waals surface area contributed by atoms with E-state index in [1.54, 1.807) is 0 Å². The number of hydrogen-bond donors (Lipinski definition) is 1. The smallest absolute Gasteiger partial charge is 0.0616 e. The zero-order valence-electron chi connectivity index (χ0n) is 11.7. The summed E-state index contributed by atoms with van der Waals surface area (Å²) >= 11 is 0. The normalized spacial score (nSPS) is 30.9. The number of unbranched alkanes of at least 4 members (excludes halogenated alkanes) is 1. The lowest BCUT2D eigenvalue weighted by atomic mass is 9.76. The molecule has 0 aromatic carbocycles. The molecule has 0 amide bonds. The average molecular weight is 227 g/mol. The molecule has 0 aromatic rings. The minimum atomic E-state index is 0.210. The SMILES string of the molecule is CCCCC1(CNC(C)(C)C)CCOC1C. The summed E-state index contributed by atoms with van der Waals surface area (Å²) in [5.41, 5.74) is 0.588. The third kappa shape index (κ3) is 3.74. The average Bonchev–Trinajstić information content (AvgIpc) is 2.54. The molecule has 0 aromatic heterocycles. The van der Waals surface area contributed by atoms with Crippen LogP contribution >= 0.6 is 0 Å². The van der Waals surface area contributed by atoms with Crippen LogP contribution in [0.25, 0.3) is 0 Å². The fourth-order valence-corrected chi connectivity index (χ4v) is 2.44. The van der Waals surface area contributed by atoms with Gasteiger partial charge in [0, 0.05) is 24.1 Å². The van der Waals surface area contributed by atoms with Crippen molar-refractivity contribution in [2.45, 2.75) is 71.9 Å². The van der Waals surface area contributed by atoms with Gasteiger partial charge in [0.2, 0.25) is 0 Å². The van der Waals surface area contributed by atoms with Crippen LogP contribution < -0.4 is 5.32 Å². The highest BCUT2D eigenvalue weighted by Crippen LogP contribution is 2.39. The molecule has 1 heterocycles. The highest BCUT2D eigenvalue weighted by molar-refractivity contribution is 4.92. The van der Waals surface area contributed by atoms with Gasteiger partial charge in [-0.1, -0.05) is 19.8 Å². The van der Waals surface area contributed by atoms with Gasteiger partial charge in [0.25, 0.3) is 0 Å². The first-order valence-electron chi connectivity index (χ1n) is 6.76. The van der Waals surface area contributed by atoms with E-state index in [0.29, 0.717) is 11.5 Å². The van der Waals surface area contributed by atoms with Gasteiger partial charge < -0.3 is 10.1 Å². The van der Waals surface area contributed by atoms with Crippen molar-refractivity contribution in [1.82, 2.24) is 5.32 Å². The Morgan fingerprint density at radius 3 is 2.50 bits per heavy atom. The fourth-order valence-electron chi connectivity index (χ4n) is 2.44. The molecule has 0 bridgehead atoms. The number of ether oxygens (including phenoxy) is 1. The van der Waals surface area contributed by atoms with E-state index in [1.807, 2.05) is 0 Å². The molecular weight excluding hydrogens is 198 g/mol. The van der Waals surface area contributed by atoms with Crippen molar-refractivity contribution in [3.63, 3.8) is 0 Å². The lowest BCUT2D eigenvalue weighted by Gasteiger charge is -2.36. The van der Waals surface area contributed by atoms with Gasteiger partial charge in [-0.2, -0.15) is 0 Å². The van der Waals surface area contributed by atoms with Crippen molar-refractivity contribution in [3.8, 4) is 0 Å². The standard InChI is InChI=1S/C14H29NO/c1-6-7-8-14(9-10-16-12(14)2)11-15-13(3,4)5/h12,15H,6-11H2,1-5H3. The van der Waals surface area contributed by atoms with Gasteiger partial charge in [0.1, 0.15) is 0 Å². The minimum absolute atomic E-state index is 0.210. The summed E-state index contributed by atoms with van der Waals surface area (Å²) in [6, 6.07) is 0. The molecule has 2 atom stereocenters. The van der Waals surface area contributed by atoms with Crippen LogP contribution in [0.1, 0.15) is 60.3 Å². The van der Waals surface area contributed by atoms with Crippen molar-refractivity contribution in [3.05, 3.63) is 0 Å². The summed E-state index contributed by atoms with van der Waals surface area (Å²) < 4.78 is 5.79. The lowest BCUT2D eigenvalue weighted by Crippen LogP contribution is -2.46. The van der Waals surface area contributed by atoms with Crippen LogP contribution in [0.2, 0.25) is 0 Å². The molecule has 2 heteroatoms. The van der Waals surface area contributed by atoms with Crippen molar-refractivity contribution in [1.29, 1.82) is 0 Å². The van der Waals surface area contributed by atoms with Crippen molar-refractivity contribution in [2.75, 3.05) is 13.2 Å². The van der Waals surface area contributed by atoms with Crippen LogP contribution in [-0.2, 0) is 4.74 Å². The first-order valence-corrected chi connectivity index (χ1v) is 6.76. The highest BCUT2D eigenvalue weighted by atomic mass is 16.5. The third-order valence-corrected chi connectivity index (χ3v) is 3.83. The second-order valence-corrected chi connectivity index (χ2v) is 6.33. The predicted molar refractivity (Wildman–Crippen MR) is 69.7 cm³/mol. The zero-order chi connectivity index (χ0) is 12.2. The molecule has 96 valence electrons. The molecule has 1 fully saturated rings. The Balaban J connectivity index is 2.57. The Morgan fingerprint density at radius 1 is 1.38 bits per heavy atom. The van der Waals surface area contributed by atoms with E-state index in [4.69, 9.17) is 4.74 Å². The first-order chi connectivity index (χ1) is 7.40. The van der Waals surface area contributed by atoms with E-state index in [-0.39, 0.29) is 5.54 Å². The maximum absolute atomic E-state index is 5.79. The van der Waals surface area contributed by atoms with Gasteiger partial charge >= 0.3 is 0 Å². The molecule has 16 heavy (non-hydrogen) atoms. The molecule has 1 aliphatic heterocycles. The van der Waals surface area contributed by atoms with Crippen LogP contribution in [0, 0.1) is 5.41 Å². The van der Waals surface area contributed by atoms with E-state index in [2.05, 4.69) is 39.9 Å². The van der Waals surface area contributed by atoms with Crippen LogP contribution in [0.4, 0.5) is 0 Å². The van der Waals surface area contributed by atoms with E-state index in [9.17, 15) is 0 Å². The van der Waals surface area contributed by atoms with Crippen LogP contribution in [0.3, 0.4) is 0 Å². The van der Waals surface area contributed by atoms with Gasteiger partial charge in [-0.25, -0.2) is 0 Å². The molecule has 0 aliphatic carbocycles. The second kappa shape index (κ2) is 5.50. The van der Waals surface area contributed by atoms with Crippen molar-refractivity contribution >= 4 is 0 Å². The number of hydrogen-bond acceptors (Lipinski definition) is 2. The Hall–Kier alpha value is -0.0800. The molecular formula is C14H29NO. The van der Waals surface area contributed by atoms with Gasteiger partial charge in [-0.3, -0.25) is 0 Å². The summed E-state index contributed by atoms with van der Waals surface area (Å²) in [6.45, 7) is 13.3. The van der Waals surface area contributed by atoms with Crippen molar-refractivity contribution < 1.29 is 4.74 Å². The second-order valence-electron chi connectivity index (χ2n) is 6.33. The largest absolute Gasteiger partial charge is 0.378 e. The van der Waals surface area contributed by atoms with Gasteiger partial charge in [0.15, 0.2) is 0 Å². The summed E-state index contributed by atoms with van der Waals surface area (Å²) in [6.07, 6.45) is 5.53. The quantitative estimate of drug-likeness (QED) is 0.777. The molecule has 2 nitrogen and oxygen atoms in total. The van der Waals surface area contributed by atoms with E-state index < -0.39 is 0 Å². The summed E-state index contributed by atoms with van der Waals surface area (Å²) in [5, 5.41) is 3.66. The first kappa shape index (κ1) is 14.0. The zero-order valence-corrected chi connectivity index (χ0v) is 11.7. The highest BCUT2D eigenvalue weighted by Gasteiger charge is 2.41. The summed E-state index contributed by atoms with van der Waals surface area (Å²) in [4.78, 5) is 0. The topological polar surface area (TPSA) is 21.3 Å². The summed E-state index contributed by atoms with van der Waals surface area (Å²) in [5.74, 6) is 0. The van der Waals surface area contributed by atoms with E-state index in [1.165, 1.54) is 25.7 Å². The Kier molecular flexibility index (Phi) is 4.81. The van der Waals surface area contributed by atoms with Crippen LogP contribution in [0.5, 0.6) is 0 Å². The Morgan fingerprint density at radius 2 is 2.06 bits per heavy atom. The lowest BCUT2D eigenvalue weighted by molar-refractivity contribution is 0.0539. The van der Waals surface area contributed by atoms with Gasteiger partial charge in [-0.15, -0.1) is 0 Å². The molecule has 0 radical (unpaired) electrons.